The molecule has 1 spiro atoms. The summed E-state index contributed by atoms with van der Waals surface area (Å²) in [5.74, 6) is -0.847. The highest BCUT2D eigenvalue weighted by Crippen LogP contribution is 2.36. The lowest BCUT2D eigenvalue weighted by Gasteiger charge is -2.45. The molecule has 0 radical (unpaired) electrons. The maximum absolute atomic E-state index is 12.5. The van der Waals surface area contributed by atoms with Crippen molar-refractivity contribution in [2.24, 2.45) is 0 Å². The number of rotatable bonds is 8. The van der Waals surface area contributed by atoms with Crippen molar-refractivity contribution in [3.05, 3.63) is 65.9 Å². The lowest BCUT2D eigenvalue weighted by atomic mass is 10.0. The number of nitrogens with one attached hydrogen (secondary N) is 1. The third-order valence-electron chi connectivity index (χ3n) is 7.58. The van der Waals surface area contributed by atoms with Crippen LogP contribution in [-0.4, -0.2) is 66.8 Å². The number of piperidine rings is 1. The Labute approximate surface area is 229 Å². The Morgan fingerprint density at radius 1 is 1.03 bits per heavy atom. The number of fused-ring (bicyclic) bond motifs is 1. The monoisotopic (exact) mass is 535 g/mol. The second kappa shape index (κ2) is 12.1. The maximum atomic E-state index is 12.5. The van der Waals surface area contributed by atoms with Gasteiger partial charge in [0.05, 0.1) is 32.3 Å². The molecule has 2 aliphatic heterocycles. The van der Waals surface area contributed by atoms with Crippen LogP contribution in [0.3, 0.4) is 0 Å². The number of carbonyl (C=O) groups excluding carboxylic acids is 2. The van der Waals surface area contributed by atoms with Crippen LogP contribution in [-0.2, 0) is 30.3 Å². The zero-order valence-corrected chi connectivity index (χ0v) is 22.7. The highest BCUT2D eigenvalue weighted by Gasteiger charge is 2.42. The Kier molecular flexibility index (Phi) is 8.38. The molecule has 0 bridgehead atoms. The molecule has 208 valence electrons. The quantitative estimate of drug-likeness (QED) is 0.405. The van der Waals surface area contributed by atoms with Crippen LogP contribution in [0.1, 0.15) is 43.4 Å². The lowest BCUT2D eigenvalue weighted by molar-refractivity contribution is -0.293. The number of ether oxygens (including phenoxy) is 4. The van der Waals surface area contributed by atoms with Crippen LogP contribution < -0.4 is 5.32 Å². The van der Waals surface area contributed by atoms with Crippen molar-refractivity contribution < 1.29 is 28.5 Å². The number of nitrogens with zero attached hydrogens (tertiary/aromatic N) is 2. The van der Waals surface area contributed by atoms with Crippen molar-refractivity contribution in [1.82, 2.24) is 9.47 Å². The van der Waals surface area contributed by atoms with Crippen molar-refractivity contribution in [3.8, 4) is 0 Å². The van der Waals surface area contributed by atoms with Crippen LogP contribution in [0, 0.1) is 6.92 Å². The van der Waals surface area contributed by atoms with Gasteiger partial charge in [0.15, 0.2) is 5.79 Å². The third kappa shape index (κ3) is 6.20. The molecule has 9 nitrogen and oxygen atoms in total. The molecule has 0 atom stereocenters. The second-order valence-corrected chi connectivity index (χ2v) is 10.1. The molecule has 1 amide bonds. The average Bonchev–Trinajstić information content (AvgIpc) is 3.39. The van der Waals surface area contributed by atoms with Gasteiger partial charge in [0, 0.05) is 55.3 Å². The number of likely N-dealkylation sites (tertiary alicyclic amines) is 1. The maximum Gasteiger partial charge on any atom is 0.410 e. The van der Waals surface area contributed by atoms with Gasteiger partial charge in [-0.05, 0) is 43.2 Å². The molecule has 5 rings (SSSR count). The summed E-state index contributed by atoms with van der Waals surface area (Å²) in [4.78, 5) is 25.9. The molecule has 1 N–H and O–H groups in total. The summed E-state index contributed by atoms with van der Waals surface area (Å²) in [7, 11) is 0. The number of aryl methyl sites for hydroxylation is 1. The Morgan fingerprint density at radius 3 is 2.49 bits per heavy atom. The fourth-order valence-corrected chi connectivity index (χ4v) is 5.30. The minimum Gasteiger partial charge on any atom is -0.466 e. The second-order valence-electron chi connectivity index (χ2n) is 10.1. The molecule has 3 aromatic rings. The van der Waals surface area contributed by atoms with Gasteiger partial charge >= 0.3 is 12.1 Å². The molecular formula is C30H37N3O6. The van der Waals surface area contributed by atoms with Gasteiger partial charge in [0.2, 0.25) is 0 Å². The van der Waals surface area contributed by atoms with E-state index in [9.17, 15) is 9.59 Å². The van der Waals surface area contributed by atoms with Crippen molar-refractivity contribution in [3.63, 3.8) is 0 Å². The van der Waals surface area contributed by atoms with E-state index in [4.69, 9.17) is 18.9 Å². The molecular weight excluding hydrogens is 498 g/mol. The number of anilines is 1. The predicted molar refractivity (Wildman–Crippen MR) is 148 cm³/mol. The van der Waals surface area contributed by atoms with Crippen molar-refractivity contribution in [2.75, 3.05) is 44.8 Å². The van der Waals surface area contributed by atoms with E-state index in [1.165, 1.54) is 0 Å². The Morgan fingerprint density at radius 2 is 1.77 bits per heavy atom. The van der Waals surface area contributed by atoms with Crippen LogP contribution in [0.4, 0.5) is 10.5 Å². The summed E-state index contributed by atoms with van der Waals surface area (Å²) in [5.41, 5.74) is 4.23. The Hall–Kier alpha value is -3.56. The van der Waals surface area contributed by atoms with Gasteiger partial charge in [0.1, 0.15) is 6.61 Å². The molecule has 2 aliphatic rings. The van der Waals surface area contributed by atoms with Crippen LogP contribution in [0.15, 0.2) is 54.7 Å². The molecule has 1 aromatic heterocycles. The van der Waals surface area contributed by atoms with Gasteiger partial charge in [-0.1, -0.05) is 30.3 Å². The van der Waals surface area contributed by atoms with Gasteiger partial charge in [-0.3, -0.25) is 4.79 Å². The number of esters is 1. The van der Waals surface area contributed by atoms with Gasteiger partial charge in [0.25, 0.3) is 0 Å². The predicted octanol–water partition coefficient (Wildman–Crippen LogP) is 5.03. The molecule has 9 heteroatoms. The first-order valence-electron chi connectivity index (χ1n) is 13.7. The highest BCUT2D eigenvalue weighted by molar-refractivity contribution is 5.88. The van der Waals surface area contributed by atoms with E-state index in [0.717, 1.165) is 27.7 Å². The molecule has 3 heterocycles. The van der Waals surface area contributed by atoms with Crippen molar-refractivity contribution in [2.45, 2.75) is 51.5 Å². The number of aromatic nitrogens is 1. The molecule has 2 aromatic carbocycles. The first-order chi connectivity index (χ1) is 19.0. The molecule has 39 heavy (non-hydrogen) atoms. The molecule has 0 saturated carbocycles. The number of hydrogen-bond donors (Lipinski definition) is 1. The zero-order valence-electron chi connectivity index (χ0n) is 22.7. The van der Waals surface area contributed by atoms with Crippen LogP contribution in [0.25, 0.3) is 10.9 Å². The van der Waals surface area contributed by atoms with Gasteiger partial charge < -0.3 is 33.7 Å². The topological polar surface area (TPSA) is 91.3 Å². The SMILES string of the molecule is CCOC(=O)CCNc1ccc2c(ccn2C2COC3(CCN(C(=O)OCc4ccccc4)CC3)OC2)c1C. The molecule has 0 unspecified atom stereocenters. The highest BCUT2D eigenvalue weighted by atomic mass is 16.7. The van der Waals surface area contributed by atoms with Gasteiger partial charge in [-0.25, -0.2) is 4.79 Å². The molecule has 2 saturated heterocycles. The Bertz CT molecular complexity index is 1270. The lowest BCUT2D eigenvalue weighted by Crippen LogP contribution is -2.53. The van der Waals surface area contributed by atoms with E-state index >= 15 is 0 Å². The van der Waals surface area contributed by atoms with Gasteiger partial charge in [-0.15, -0.1) is 0 Å². The summed E-state index contributed by atoms with van der Waals surface area (Å²) in [6.07, 6.45) is 3.35. The van der Waals surface area contributed by atoms with E-state index < -0.39 is 5.79 Å². The van der Waals surface area contributed by atoms with Crippen LogP contribution in [0.2, 0.25) is 0 Å². The summed E-state index contributed by atoms with van der Waals surface area (Å²) >= 11 is 0. The first-order valence-corrected chi connectivity index (χ1v) is 13.7. The first kappa shape index (κ1) is 27.0. The normalized spacial score (nSPS) is 17.3. The fraction of sp³-hybridized carbons (Fsp3) is 0.467. The van der Waals surface area contributed by atoms with E-state index in [2.05, 4.69) is 41.2 Å². The smallest absolute Gasteiger partial charge is 0.410 e. The summed E-state index contributed by atoms with van der Waals surface area (Å²) in [5, 5.41) is 4.50. The summed E-state index contributed by atoms with van der Waals surface area (Å²) in [6, 6.07) is 16.0. The third-order valence-corrected chi connectivity index (χ3v) is 7.58. The number of amides is 1. The van der Waals surface area contributed by atoms with Crippen molar-refractivity contribution in [1.29, 1.82) is 0 Å². The number of hydrogen-bond acceptors (Lipinski definition) is 7. The number of carbonyl (C=O) groups is 2. The molecule has 0 aliphatic carbocycles. The fourth-order valence-electron chi connectivity index (χ4n) is 5.30. The van der Waals surface area contributed by atoms with E-state index in [0.29, 0.717) is 58.7 Å². The standard InChI is InChI=1S/C30H37N3O6/c1-3-36-28(34)11-15-31-26-9-10-27-25(22(26)2)12-16-33(27)24-20-38-30(39-21-24)13-17-32(18-14-30)29(35)37-19-23-7-5-4-6-8-23/h4-10,12,16,24,31H,3,11,13-15,17-21H2,1-2H3. The summed E-state index contributed by atoms with van der Waals surface area (Å²) in [6.45, 7) is 7.25. The van der Waals surface area contributed by atoms with Crippen molar-refractivity contribution >= 4 is 28.7 Å². The van der Waals surface area contributed by atoms with Crippen LogP contribution in [0.5, 0.6) is 0 Å². The number of benzene rings is 2. The van der Waals surface area contributed by atoms with E-state index in [1.807, 2.05) is 37.3 Å². The van der Waals surface area contributed by atoms with Crippen LogP contribution >= 0.6 is 0 Å². The van der Waals surface area contributed by atoms with Gasteiger partial charge in [-0.2, -0.15) is 0 Å². The largest absolute Gasteiger partial charge is 0.466 e. The molecule has 2 fully saturated rings. The minimum absolute atomic E-state index is 0.0593. The average molecular weight is 536 g/mol. The Balaban J connectivity index is 1.13. The van der Waals surface area contributed by atoms with E-state index in [1.54, 1.807) is 4.90 Å². The summed E-state index contributed by atoms with van der Waals surface area (Å²) < 4.78 is 25.3. The zero-order chi connectivity index (χ0) is 27.2. The minimum atomic E-state index is -0.651. The van der Waals surface area contributed by atoms with E-state index in [-0.39, 0.29) is 24.7 Å².